The Bertz CT molecular complexity index is 1970. The smallest absolute Gasteiger partial charge is 0.326 e. The average molecular weight is 807 g/mol. The van der Waals surface area contributed by atoms with Gasteiger partial charge in [0.2, 0.25) is 11.9 Å². The van der Waals surface area contributed by atoms with Gasteiger partial charge in [-0.2, -0.15) is 5.26 Å². The predicted molar refractivity (Wildman–Crippen MR) is 203 cm³/mol. The van der Waals surface area contributed by atoms with Crippen molar-refractivity contribution in [3.63, 3.8) is 0 Å². The number of imidazole rings is 1. The summed E-state index contributed by atoms with van der Waals surface area (Å²) in [5, 5.41) is 13.5. The van der Waals surface area contributed by atoms with Crippen LogP contribution in [0.15, 0.2) is 61.3 Å². The molecule has 3 saturated heterocycles. The number of nitriles is 1. The number of carbonyl (C=O) groups is 1. The molecule has 7 rings (SSSR count). The van der Waals surface area contributed by atoms with Crippen LogP contribution in [0.4, 0.5) is 5.69 Å². The van der Waals surface area contributed by atoms with Gasteiger partial charge in [0.25, 0.3) is 0 Å². The topological polar surface area (TPSA) is 152 Å². The molecule has 2 aromatic carbocycles. The van der Waals surface area contributed by atoms with Gasteiger partial charge in [0.1, 0.15) is 6.04 Å². The lowest BCUT2D eigenvalue weighted by atomic mass is 9.98. The largest absolute Gasteiger partial charge is 0.397 e. The Balaban J connectivity index is 1.11. The number of para-hydroxylation sites is 1. The van der Waals surface area contributed by atoms with E-state index in [1.165, 1.54) is 19.3 Å². The van der Waals surface area contributed by atoms with E-state index in [1.54, 1.807) is 6.20 Å². The number of anilines is 1. The summed E-state index contributed by atoms with van der Waals surface area (Å²) in [5.41, 5.74) is 9.93. The molecule has 5 heterocycles. The highest BCUT2D eigenvalue weighted by Crippen LogP contribution is 2.32. The number of aliphatic imine (C=N–C) groups is 1. The van der Waals surface area contributed by atoms with Crippen molar-refractivity contribution in [3.8, 4) is 6.19 Å². The highest BCUT2D eigenvalue weighted by Gasteiger charge is 2.33. The highest BCUT2D eigenvalue weighted by molar-refractivity contribution is 9.11. The maximum atomic E-state index is 14.3. The molecule has 3 fully saturated rings. The van der Waals surface area contributed by atoms with Gasteiger partial charge in [-0.1, -0.05) is 24.6 Å². The van der Waals surface area contributed by atoms with Crippen molar-refractivity contribution in [3.05, 3.63) is 67.6 Å². The number of carbonyl (C=O) groups excluding carboxylic acids is 1. The second-order valence-corrected chi connectivity index (χ2v) is 15.3. The second kappa shape index (κ2) is 15.1. The number of halogens is 2. The van der Waals surface area contributed by atoms with Crippen molar-refractivity contribution >= 4 is 71.4 Å². The number of guanidine groups is 1. The van der Waals surface area contributed by atoms with Crippen LogP contribution in [0.5, 0.6) is 0 Å². The normalized spacial score (nSPS) is 19.2. The standard InChI is InChI=1S/C36H42Br2N10O2/c37-27-18-23(19-28(38)32(27)40)20-30(34(49)46-14-8-24(9-15-46)45-12-4-1-5-13-45)43-35(42-22-39)47-16-10-25(11-17-47)48-31-21-41-29-7-3-2-6-26(29)33(31)44-36(48)50/h2-3,6-7,18-19,21,24-25,30H,1,4-5,8-17,20,40H2,(H,42,43)(H,44,50)/t30-/m0/s1. The number of hydrogen-bond acceptors (Lipinski definition) is 7. The number of pyridine rings is 1. The van der Waals surface area contributed by atoms with E-state index in [0.717, 1.165) is 62.4 Å². The van der Waals surface area contributed by atoms with Crippen molar-refractivity contribution in [1.29, 1.82) is 5.26 Å². The fraction of sp³-hybridized carbons (Fsp3) is 0.472. The second-order valence-electron chi connectivity index (χ2n) is 13.6. The minimum Gasteiger partial charge on any atom is -0.397 e. The summed E-state index contributed by atoms with van der Waals surface area (Å²) in [4.78, 5) is 46.8. The molecule has 4 aromatic rings. The lowest BCUT2D eigenvalue weighted by Gasteiger charge is -2.41. The van der Waals surface area contributed by atoms with E-state index in [1.807, 2.05) is 50.8 Å². The van der Waals surface area contributed by atoms with Gasteiger partial charge in [0.05, 0.1) is 28.4 Å². The van der Waals surface area contributed by atoms with Gasteiger partial charge in [-0.25, -0.2) is 9.79 Å². The molecule has 0 aliphatic carbocycles. The van der Waals surface area contributed by atoms with Gasteiger partial charge >= 0.3 is 5.69 Å². The molecule has 12 nitrogen and oxygen atoms in total. The van der Waals surface area contributed by atoms with Crippen LogP contribution in [0.25, 0.3) is 21.9 Å². The first kappa shape index (κ1) is 34.5. The first-order valence-electron chi connectivity index (χ1n) is 17.5. The van der Waals surface area contributed by atoms with Crippen molar-refractivity contribution in [1.82, 2.24) is 34.6 Å². The van der Waals surface area contributed by atoms with Crippen LogP contribution >= 0.6 is 31.9 Å². The lowest BCUT2D eigenvalue weighted by Crippen LogP contribution is -2.51. The fourth-order valence-corrected chi connectivity index (χ4v) is 9.20. The van der Waals surface area contributed by atoms with Gasteiger partial charge in [-0.05, 0) is 107 Å². The summed E-state index contributed by atoms with van der Waals surface area (Å²) in [6.07, 6.45) is 11.2. The van der Waals surface area contributed by atoms with Crippen molar-refractivity contribution < 1.29 is 4.79 Å². The monoisotopic (exact) mass is 804 g/mol. The molecule has 3 aliphatic heterocycles. The molecule has 0 spiro atoms. The van der Waals surface area contributed by atoms with Crippen LogP contribution < -0.4 is 16.7 Å². The number of likely N-dealkylation sites (tertiary alicyclic amines) is 3. The number of nitrogens with one attached hydrogen (secondary N) is 2. The van der Waals surface area contributed by atoms with Gasteiger partial charge in [0, 0.05) is 59.0 Å². The molecule has 4 N–H and O–H groups in total. The summed E-state index contributed by atoms with van der Waals surface area (Å²) < 4.78 is 3.30. The molecule has 262 valence electrons. The van der Waals surface area contributed by atoms with E-state index in [4.69, 9.17) is 10.7 Å². The number of hydrogen-bond donors (Lipinski definition) is 3. The number of benzene rings is 2. The molecule has 1 amide bonds. The highest BCUT2D eigenvalue weighted by atomic mass is 79.9. The van der Waals surface area contributed by atoms with E-state index >= 15 is 0 Å². The Morgan fingerprint density at radius 2 is 1.66 bits per heavy atom. The van der Waals surface area contributed by atoms with Crippen LogP contribution in [0.3, 0.4) is 0 Å². The number of fused-ring (bicyclic) bond motifs is 3. The Hall–Kier alpha value is -3.93. The van der Waals surface area contributed by atoms with Crippen LogP contribution in [0.1, 0.15) is 56.6 Å². The third kappa shape index (κ3) is 7.13. The van der Waals surface area contributed by atoms with E-state index in [-0.39, 0.29) is 17.6 Å². The number of aromatic nitrogens is 3. The van der Waals surface area contributed by atoms with Crippen molar-refractivity contribution in [2.24, 2.45) is 4.99 Å². The molecule has 0 saturated carbocycles. The maximum absolute atomic E-state index is 14.3. The molecular formula is C36H42Br2N10O2. The number of nitrogens with zero attached hydrogens (tertiary/aromatic N) is 7. The Morgan fingerprint density at radius 1 is 1.00 bits per heavy atom. The van der Waals surface area contributed by atoms with E-state index < -0.39 is 6.04 Å². The molecule has 3 aliphatic rings. The van der Waals surface area contributed by atoms with Crippen LogP contribution in [-0.4, -0.2) is 92.5 Å². The maximum Gasteiger partial charge on any atom is 0.326 e. The molecular weight excluding hydrogens is 764 g/mol. The lowest BCUT2D eigenvalue weighted by molar-refractivity contribution is -0.134. The Morgan fingerprint density at radius 3 is 2.36 bits per heavy atom. The van der Waals surface area contributed by atoms with Crippen molar-refractivity contribution in [2.45, 2.75) is 69.5 Å². The number of nitrogens with two attached hydrogens (primary N) is 1. The molecule has 0 unspecified atom stereocenters. The molecule has 1 atom stereocenters. The number of piperidine rings is 3. The zero-order valence-corrected chi connectivity index (χ0v) is 31.1. The van der Waals surface area contributed by atoms with Crippen LogP contribution in [0.2, 0.25) is 0 Å². The number of H-pyrrole nitrogens is 1. The molecule has 50 heavy (non-hydrogen) atoms. The third-order valence-corrected chi connectivity index (χ3v) is 11.9. The Kier molecular flexibility index (Phi) is 10.4. The number of rotatable bonds is 6. The quantitative estimate of drug-likeness (QED) is 0.0798. The zero-order chi connectivity index (χ0) is 34.8. The molecule has 0 bridgehead atoms. The minimum absolute atomic E-state index is 0.0386. The Labute approximate surface area is 308 Å². The minimum atomic E-state index is -0.742. The van der Waals surface area contributed by atoms with E-state index in [2.05, 4.69) is 58.2 Å². The first-order valence-corrected chi connectivity index (χ1v) is 19.1. The molecule has 0 radical (unpaired) electrons. The summed E-state index contributed by atoms with van der Waals surface area (Å²) in [7, 11) is 0. The SMILES string of the molecule is N#CNC(=N[C@@H](Cc1cc(Br)c(N)c(Br)c1)C(=O)N1CCC(N2CCCCC2)CC1)N1CCC(n2c(=O)[nH]c3c4ccccc4ncc32)CC1. The van der Waals surface area contributed by atoms with Crippen LogP contribution in [0, 0.1) is 11.5 Å². The summed E-state index contributed by atoms with van der Waals surface area (Å²) in [5.74, 6) is 0.336. The van der Waals surface area contributed by atoms with Crippen molar-refractivity contribution in [2.75, 3.05) is 45.0 Å². The summed E-state index contributed by atoms with van der Waals surface area (Å²) in [6.45, 7) is 4.79. The van der Waals surface area contributed by atoms with Gasteiger partial charge in [-0.3, -0.25) is 19.7 Å². The van der Waals surface area contributed by atoms with E-state index in [9.17, 15) is 14.9 Å². The number of aromatic amines is 1. The van der Waals surface area contributed by atoms with Gasteiger partial charge in [-0.15, -0.1) is 0 Å². The van der Waals surface area contributed by atoms with Gasteiger partial charge < -0.3 is 25.4 Å². The average Bonchev–Trinajstić information content (AvgIpc) is 3.49. The van der Waals surface area contributed by atoms with E-state index in [0.29, 0.717) is 63.1 Å². The fourth-order valence-electron chi connectivity index (χ4n) is 7.92. The zero-order valence-electron chi connectivity index (χ0n) is 28.0. The third-order valence-electron chi connectivity index (χ3n) is 10.6. The first-order chi connectivity index (χ1) is 24.3. The van der Waals surface area contributed by atoms with Gasteiger partial charge in [0.15, 0.2) is 6.19 Å². The molecule has 14 heteroatoms. The summed E-state index contributed by atoms with van der Waals surface area (Å²) >= 11 is 7.10. The number of nitrogen functional groups attached to an aromatic ring is 1. The van der Waals surface area contributed by atoms with Crippen LogP contribution in [-0.2, 0) is 11.2 Å². The predicted octanol–water partition coefficient (Wildman–Crippen LogP) is 5.14. The molecule has 2 aromatic heterocycles. The number of amides is 1. The summed E-state index contributed by atoms with van der Waals surface area (Å²) in [6, 6.07) is 11.4.